The molecule has 0 saturated carbocycles. The molecule has 0 heterocycles. The van der Waals surface area contributed by atoms with Crippen molar-refractivity contribution >= 4 is 35.0 Å². The number of methoxy groups -OCH3 is 1. The van der Waals surface area contributed by atoms with Gasteiger partial charge in [0.25, 0.3) is 0 Å². The molecule has 1 N–H and O–H groups in total. The fourth-order valence-corrected chi connectivity index (χ4v) is 3.46. The summed E-state index contributed by atoms with van der Waals surface area (Å²) in [6, 6.07) is 10.9. The first-order valence-electron chi connectivity index (χ1n) is 6.00. The third-order valence-corrected chi connectivity index (χ3v) is 4.59. The van der Waals surface area contributed by atoms with E-state index in [2.05, 4.69) is 0 Å². The zero-order valence-corrected chi connectivity index (χ0v) is 13.4. The Morgan fingerprint density at radius 3 is 2.55 bits per heavy atom. The molecule has 0 aliphatic rings. The van der Waals surface area contributed by atoms with Crippen LogP contribution in [0.25, 0.3) is 0 Å². The van der Waals surface area contributed by atoms with Crippen molar-refractivity contribution in [2.24, 2.45) is 0 Å². The van der Waals surface area contributed by atoms with E-state index in [0.717, 1.165) is 15.4 Å². The van der Waals surface area contributed by atoms with Crippen LogP contribution in [-0.2, 0) is 0 Å². The Kier molecular flexibility index (Phi) is 5.22. The number of benzene rings is 2. The minimum atomic E-state index is -0.633. The quantitative estimate of drug-likeness (QED) is 0.835. The molecular formula is C15H14Cl2O2S. The normalized spacial score (nSPS) is 12.2. The molecule has 0 bridgehead atoms. The summed E-state index contributed by atoms with van der Waals surface area (Å²) in [6.45, 7) is 1.71. The molecule has 20 heavy (non-hydrogen) atoms. The van der Waals surface area contributed by atoms with E-state index in [1.165, 1.54) is 11.8 Å². The first-order valence-corrected chi connectivity index (χ1v) is 7.58. The third kappa shape index (κ3) is 3.41. The lowest BCUT2D eigenvalue weighted by atomic mass is 10.1. The predicted octanol–water partition coefficient (Wildman–Crippen LogP) is 5.21. The molecular weight excluding hydrogens is 315 g/mol. The maximum absolute atomic E-state index is 9.97. The molecule has 0 amide bonds. The number of aliphatic hydroxyl groups excluding tert-OH is 1. The van der Waals surface area contributed by atoms with E-state index >= 15 is 0 Å². The second kappa shape index (κ2) is 6.72. The summed E-state index contributed by atoms with van der Waals surface area (Å²) in [5, 5.41) is 11.2. The first kappa shape index (κ1) is 15.5. The van der Waals surface area contributed by atoms with Crippen LogP contribution in [0.4, 0.5) is 0 Å². The van der Waals surface area contributed by atoms with Crippen LogP contribution in [0.3, 0.4) is 0 Å². The van der Waals surface area contributed by atoms with Gasteiger partial charge in [0.1, 0.15) is 5.75 Å². The molecule has 0 fully saturated rings. The van der Waals surface area contributed by atoms with Crippen LogP contribution in [0.2, 0.25) is 10.0 Å². The Labute approximate surface area is 132 Å². The summed E-state index contributed by atoms with van der Waals surface area (Å²) in [5.41, 5.74) is 0.746. The van der Waals surface area contributed by atoms with Crippen LogP contribution in [0.15, 0.2) is 46.2 Å². The summed E-state index contributed by atoms with van der Waals surface area (Å²) in [6.07, 6.45) is -0.633. The molecule has 0 aliphatic heterocycles. The number of aliphatic hydroxyl groups is 1. The fraction of sp³-hybridized carbons (Fsp3) is 0.200. The molecule has 0 aliphatic carbocycles. The highest BCUT2D eigenvalue weighted by Crippen LogP contribution is 2.41. The zero-order valence-electron chi connectivity index (χ0n) is 11.1. The van der Waals surface area contributed by atoms with Gasteiger partial charge in [0.2, 0.25) is 0 Å². The predicted molar refractivity (Wildman–Crippen MR) is 84.2 cm³/mol. The van der Waals surface area contributed by atoms with Crippen molar-refractivity contribution < 1.29 is 9.84 Å². The second-order valence-electron chi connectivity index (χ2n) is 4.22. The molecule has 2 rings (SSSR count). The van der Waals surface area contributed by atoms with E-state index in [4.69, 9.17) is 27.9 Å². The van der Waals surface area contributed by atoms with Crippen molar-refractivity contribution in [1.29, 1.82) is 0 Å². The lowest BCUT2D eigenvalue weighted by molar-refractivity contribution is 0.191. The summed E-state index contributed by atoms with van der Waals surface area (Å²) >= 11 is 13.6. The molecule has 0 aromatic heterocycles. The van der Waals surface area contributed by atoms with Gasteiger partial charge >= 0.3 is 0 Å². The van der Waals surface area contributed by atoms with Gasteiger partial charge in [0.05, 0.1) is 18.2 Å². The Morgan fingerprint density at radius 1 is 1.15 bits per heavy atom. The van der Waals surface area contributed by atoms with Crippen molar-refractivity contribution in [2.45, 2.75) is 22.8 Å². The first-order chi connectivity index (χ1) is 9.52. The maximum Gasteiger partial charge on any atom is 0.125 e. The molecule has 1 atom stereocenters. The summed E-state index contributed by atoms with van der Waals surface area (Å²) in [5.74, 6) is 0.656. The van der Waals surface area contributed by atoms with Gasteiger partial charge < -0.3 is 9.84 Å². The molecule has 0 unspecified atom stereocenters. The Hall–Kier alpha value is -0.870. The van der Waals surface area contributed by atoms with Crippen molar-refractivity contribution in [3.63, 3.8) is 0 Å². The minimum Gasteiger partial charge on any atom is -0.496 e. The molecule has 2 aromatic carbocycles. The monoisotopic (exact) mass is 328 g/mol. The average Bonchev–Trinajstić information content (AvgIpc) is 2.42. The number of ether oxygens (including phenoxy) is 1. The van der Waals surface area contributed by atoms with E-state index in [1.54, 1.807) is 32.2 Å². The molecule has 0 radical (unpaired) electrons. The third-order valence-electron chi connectivity index (χ3n) is 2.78. The lowest BCUT2D eigenvalue weighted by Crippen LogP contribution is -1.98. The Bertz CT molecular complexity index is 615. The molecule has 0 saturated heterocycles. The van der Waals surface area contributed by atoms with Crippen molar-refractivity contribution in [2.75, 3.05) is 7.11 Å². The van der Waals surface area contributed by atoms with Crippen molar-refractivity contribution in [3.05, 3.63) is 52.0 Å². The maximum atomic E-state index is 9.97. The van der Waals surface area contributed by atoms with Crippen LogP contribution in [-0.4, -0.2) is 12.2 Å². The molecule has 2 nitrogen and oxygen atoms in total. The topological polar surface area (TPSA) is 29.5 Å². The average molecular weight is 329 g/mol. The van der Waals surface area contributed by atoms with Gasteiger partial charge in [-0.2, -0.15) is 0 Å². The van der Waals surface area contributed by atoms with Crippen LogP contribution < -0.4 is 4.74 Å². The van der Waals surface area contributed by atoms with Gasteiger partial charge in [-0.15, -0.1) is 0 Å². The lowest BCUT2D eigenvalue weighted by Gasteiger charge is -2.16. The number of hydrogen-bond donors (Lipinski definition) is 1. The molecule has 0 spiro atoms. The fourth-order valence-electron chi connectivity index (χ4n) is 1.88. The Morgan fingerprint density at radius 2 is 1.90 bits per heavy atom. The van der Waals surface area contributed by atoms with Gasteiger partial charge in [-0.1, -0.05) is 41.0 Å². The standard InChI is InChI=1S/C15H14Cl2O2S/c1-9(18)15-12(19-2)4-3-5-13(15)20-14-8-10(16)6-7-11(14)17/h3-9,18H,1-2H3/t9-/m1/s1. The number of rotatable bonds is 4. The van der Waals surface area contributed by atoms with Crippen molar-refractivity contribution in [3.8, 4) is 5.75 Å². The van der Waals surface area contributed by atoms with E-state index < -0.39 is 6.10 Å². The van der Waals surface area contributed by atoms with E-state index in [-0.39, 0.29) is 0 Å². The van der Waals surface area contributed by atoms with Crippen LogP contribution in [0.5, 0.6) is 5.75 Å². The van der Waals surface area contributed by atoms with Gasteiger partial charge in [0, 0.05) is 20.4 Å². The largest absolute Gasteiger partial charge is 0.496 e. The van der Waals surface area contributed by atoms with Gasteiger partial charge in [-0.3, -0.25) is 0 Å². The van der Waals surface area contributed by atoms with Gasteiger partial charge in [-0.25, -0.2) is 0 Å². The number of hydrogen-bond acceptors (Lipinski definition) is 3. The van der Waals surface area contributed by atoms with E-state index in [0.29, 0.717) is 15.8 Å². The van der Waals surface area contributed by atoms with E-state index in [9.17, 15) is 5.11 Å². The smallest absolute Gasteiger partial charge is 0.125 e. The van der Waals surface area contributed by atoms with Gasteiger partial charge in [-0.05, 0) is 37.3 Å². The summed E-state index contributed by atoms with van der Waals surface area (Å²) in [7, 11) is 1.59. The second-order valence-corrected chi connectivity index (χ2v) is 6.15. The molecule has 2 aromatic rings. The Balaban J connectivity index is 2.45. The van der Waals surface area contributed by atoms with Crippen LogP contribution in [0, 0.1) is 0 Å². The SMILES string of the molecule is COc1cccc(Sc2cc(Cl)ccc2Cl)c1[C@@H](C)O. The van der Waals surface area contributed by atoms with Gasteiger partial charge in [0.15, 0.2) is 0 Å². The highest BCUT2D eigenvalue weighted by molar-refractivity contribution is 7.99. The van der Waals surface area contributed by atoms with Crippen LogP contribution >= 0.6 is 35.0 Å². The van der Waals surface area contributed by atoms with Crippen LogP contribution in [0.1, 0.15) is 18.6 Å². The molecule has 5 heteroatoms. The number of halogens is 2. The zero-order chi connectivity index (χ0) is 14.7. The molecule has 106 valence electrons. The van der Waals surface area contributed by atoms with Crippen molar-refractivity contribution in [1.82, 2.24) is 0 Å². The van der Waals surface area contributed by atoms with E-state index in [1.807, 2.05) is 18.2 Å². The minimum absolute atomic E-state index is 0.624. The highest BCUT2D eigenvalue weighted by Gasteiger charge is 2.16. The highest BCUT2D eigenvalue weighted by atomic mass is 35.5. The summed E-state index contributed by atoms with van der Waals surface area (Å²) < 4.78 is 5.31. The summed E-state index contributed by atoms with van der Waals surface area (Å²) in [4.78, 5) is 1.73.